The Balaban J connectivity index is 3.18. The number of hydrogen-bond acceptors (Lipinski definition) is 2. The lowest BCUT2D eigenvalue weighted by Gasteiger charge is -2.35. The van der Waals surface area contributed by atoms with Gasteiger partial charge in [0.2, 0.25) is 0 Å². The SMILES string of the molecule is CCC(C)N(CC)C(CN)c1cc(F)c(F)cc1F. The summed E-state index contributed by atoms with van der Waals surface area (Å²) in [7, 11) is 0. The zero-order valence-electron chi connectivity index (χ0n) is 11.6. The van der Waals surface area contributed by atoms with Crippen LogP contribution in [0.5, 0.6) is 0 Å². The lowest BCUT2D eigenvalue weighted by atomic mass is 10.0. The van der Waals surface area contributed by atoms with Gasteiger partial charge in [0, 0.05) is 24.2 Å². The van der Waals surface area contributed by atoms with E-state index in [1.54, 1.807) is 0 Å². The molecular weight excluding hydrogens is 253 g/mol. The van der Waals surface area contributed by atoms with Crippen molar-refractivity contribution in [1.29, 1.82) is 0 Å². The maximum Gasteiger partial charge on any atom is 0.161 e. The molecule has 0 aromatic heterocycles. The summed E-state index contributed by atoms with van der Waals surface area (Å²) >= 11 is 0. The second-order valence-corrected chi connectivity index (χ2v) is 4.63. The largest absolute Gasteiger partial charge is 0.329 e. The lowest BCUT2D eigenvalue weighted by Crippen LogP contribution is -2.40. The van der Waals surface area contributed by atoms with Gasteiger partial charge in [-0.25, -0.2) is 13.2 Å². The first-order valence-electron chi connectivity index (χ1n) is 6.56. The number of likely N-dealkylation sites (N-methyl/N-ethyl adjacent to an activating group) is 1. The van der Waals surface area contributed by atoms with Gasteiger partial charge in [-0.3, -0.25) is 4.90 Å². The molecule has 5 heteroatoms. The van der Waals surface area contributed by atoms with Crippen molar-refractivity contribution in [3.8, 4) is 0 Å². The first-order valence-corrected chi connectivity index (χ1v) is 6.56. The van der Waals surface area contributed by atoms with Crippen LogP contribution in [-0.2, 0) is 0 Å². The van der Waals surface area contributed by atoms with Crippen LogP contribution in [0.1, 0.15) is 38.8 Å². The highest BCUT2D eigenvalue weighted by atomic mass is 19.2. The fourth-order valence-corrected chi connectivity index (χ4v) is 2.31. The Morgan fingerprint density at radius 1 is 1.11 bits per heavy atom. The van der Waals surface area contributed by atoms with Crippen molar-refractivity contribution in [3.63, 3.8) is 0 Å². The zero-order valence-corrected chi connectivity index (χ0v) is 11.6. The number of benzene rings is 1. The Morgan fingerprint density at radius 2 is 1.68 bits per heavy atom. The molecule has 2 unspecified atom stereocenters. The molecule has 0 saturated heterocycles. The van der Waals surface area contributed by atoms with Gasteiger partial charge in [-0.05, 0) is 26.0 Å². The Bertz CT molecular complexity index is 423. The van der Waals surface area contributed by atoms with Gasteiger partial charge in [-0.2, -0.15) is 0 Å². The topological polar surface area (TPSA) is 29.3 Å². The van der Waals surface area contributed by atoms with Gasteiger partial charge in [0.15, 0.2) is 11.6 Å². The highest BCUT2D eigenvalue weighted by Gasteiger charge is 2.25. The molecule has 2 atom stereocenters. The molecule has 0 bridgehead atoms. The molecule has 0 fully saturated rings. The fraction of sp³-hybridized carbons (Fsp3) is 0.571. The molecule has 19 heavy (non-hydrogen) atoms. The average Bonchev–Trinajstić information content (AvgIpc) is 2.39. The Labute approximate surface area is 112 Å². The highest BCUT2D eigenvalue weighted by molar-refractivity contribution is 5.24. The summed E-state index contributed by atoms with van der Waals surface area (Å²) in [6.07, 6.45) is 0.871. The number of nitrogens with zero attached hydrogens (tertiary/aromatic N) is 1. The summed E-state index contributed by atoms with van der Waals surface area (Å²) in [6.45, 7) is 6.77. The second kappa shape index (κ2) is 6.91. The summed E-state index contributed by atoms with van der Waals surface area (Å²) in [4.78, 5) is 2.00. The smallest absolute Gasteiger partial charge is 0.161 e. The van der Waals surface area contributed by atoms with Gasteiger partial charge in [0.1, 0.15) is 5.82 Å². The maximum atomic E-state index is 13.8. The first-order chi connectivity index (χ1) is 8.96. The van der Waals surface area contributed by atoms with Crippen LogP contribution in [0.25, 0.3) is 0 Å². The van der Waals surface area contributed by atoms with Crippen LogP contribution in [0.15, 0.2) is 12.1 Å². The molecule has 0 aliphatic heterocycles. The molecule has 0 aliphatic rings. The van der Waals surface area contributed by atoms with E-state index in [-0.39, 0.29) is 18.2 Å². The van der Waals surface area contributed by atoms with Crippen LogP contribution in [0, 0.1) is 17.5 Å². The Kier molecular flexibility index (Phi) is 5.82. The third-order valence-corrected chi connectivity index (χ3v) is 3.54. The van der Waals surface area contributed by atoms with E-state index in [4.69, 9.17) is 5.73 Å². The zero-order chi connectivity index (χ0) is 14.6. The van der Waals surface area contributed by atoms with Crippen LogP contribution >= 0.6 is 0 Å². The summed E-state index contributed by atoms with van der Waals surface area (Å²) in [5, 5.41) is 0. The first kappa shape index (κ1) is 16.0. The van der Waals surface area contributed by atoms with Crippen molar-refractivity contribution in [3.05, 3.63) is 35.1 Å². The number of rotatable bonds is 6. The number of hydrogen-bond donors (Lipinski definition) is 1. The minimum Gasteiger partial charge on any atom is -0.329 e. The molecule has 0 saturated carbocycles. The van der Waals surface area contributed by atoms with E-state index in [0.29, 0.717) is 12.6 Å². The summed E-state index contributed by atoms with van der Waals surface area (Å²) in [5.41, 5.74) is 5.82. The van der Waals surface area contributed by atoms with Crippen LogP contribution in [0.2, 0.25) is 0 Å². The van der Waals surface area contributed by atoms with E-state index in [1.165, 1.54) is 0 Å². The molecule has 2 nitrogen and oxygen atoms in total. The average molecular weight is 274 g/mol. The summed E-state index contributed by atoms with van der Waals surface area (Å²) in [6, 6.07) is 1.23. The van der Waals surface area contributed by atoms with Gasteiger partial charge < -0.3 is 5.73 Å². The van der Waals surface area contributed by atoms with Gasteiger partial charge >= 0.3 is 0 Å². The highest BCUT2D eigenvalue weighted by Crippen LogP contribution is 2.27. The Hall–Kier alpha value is -1.07. The predicted molar refractivity (Wildman–Crippen MR) is 70.2 cm³/mol. The number of halogens is 3. The van der Waals surface area contributed by atoms with Crippen molar-refractivity contribution in [1.82, 2.24) is 4.90 Å². The Morgan fingerprint density at radius 3 is 2.16 bits per heavy atom. The quantitative estimate of drug-likeness (QED) is 0.807. The molecule has 1 aromatic carbocycles. The van der Waals surface area contributed by atoms with Crippen molar-refractivity contribution < 1.29 is 13.2 Å². The molecule has 2 N–H and O–H groups in total. The molecule has 1 aromatic rings. The molecule has 0 aliphatic carbocycles. The molecule has 0 spiro atoms. The van der Waals surface area contributed by atoms with E-state index in [9.17, 15) is 13.2 Å². The lowest BCUT2D eigenvalue weighted by molar-refractivity contribution is 0.148. The van der Waals surface area contributed by atoms with Crippen LogP contribution in [0.3, 0.4) is 0 Å². The van der Waals surface area contributed by atoms with Gasteiger partial charge in [0.05, 0.1) is 6.04 Å². The van der Waals surface area contributed by atoms with Gasteiger partial charge in [-0.15, -0.1) is 0 Å². The third kappa shape index (κ3) is 3.48. The molecule has 0 amide bonds. The van der Waals surface area contributed by atoms with E-state index < -0.39 is 23.5 Å². The summed E-state index contributed by atoms with van der Waals surface area (Å²) in [5.74, 6) is -2.98. The third-order valence-electron chi connectivity index (χ3n) is 3.54. The van der Waals surface area contributed by atoms with E-state index in [2.05, 4.69) is 0 Å². The van der Waals surface area contributed by atoms with E-state index in [1.807, 2.05) is 25.7 Å². The van der Waals surface area contributed by atoms with Crippen molar-refractivity contribution in [2.45, 2.75) is 39.3 Å². The number of nitrogens with two attached hydrogens (primary N) is 1. The van der Waals surface area contributed by atoms with Gasteiger partial charge in [-0.1, -0.05) is 13.8 Å². The van der Waals surface area contributed by atoms with Crippen molar-refractivity contribution in [2.24, 2.45) is 5.73 Å². The minimum absolute atomic E-state index is 0.114. The molecule has 0 radical (unpaired) electrons. The van der Waals surface area contributed by atoms with Gasteiger partial charge in [0.25, 0.3) is 0 Å². The standard InChI is InChI=1S/C14H21F3N2/c1-4-9(3)19(5-2)14(8-18)10-6-12(16)13(17)7-11(10)15/h6-7,9,14H,4-5,8,18H2,1-3H3. The maximum absolute atomic E-state index is 13.8. The summed E-state index contributed by atoms with van der Waals surface area (Å²) < 4.78 is 40.1. The molecular formula is C14H21F3N2. The minimum atomic E-state index is -1.18. The van der Waals surface area contributed by atoms with E-state index >= 15 is 0 Å². The van der Waals surface area contributed by atoms with Crippen molar-refractivity contribution in [2.75, 3.05) is 13.1 Å². The fourth-order valence-electron chi connectivity index (χ4n) is 2.31. The monoisotopic (exact) mass is 274 g/mol. The van der Waals surface area contributed by atoms with Crippen LogP contribution in [0.4, 0.5) is 13.2 Å². The van der Waals surface area contributed by atoms with Crippen LogP contribution in [-0.4, -0.2) is 24.0 Å². The van der Waals surface area contributed by atoms with E-state index in [0.717, 1.165) is 12.5 Å². The molecule has 108 valence electrons. The predicted octanol–water partition coefficient (Wildman–Crippen LogP) is 3.22. The van der Waals surface area contributed by atoms with Crippen LogP contribution < -0.4 is 5.73 Å². The molecule has 1 rings (SSSR count). The second-order valence-electron chi connectivity index (χ2n) is 4.63. The van der Waals surface area contributed by atoms with Crippen molar-refractivity contribution >= 4 is 0 Å². The molecule has 0 heterocycles. The normalized spacial score (nSPS) is 14.7.